The van der Waals surface area contributed by atoms with Crippen molar-refractivity contribution in [3.05, 3.63) is 35.9 Å². The molecule has 110 valence electrons. The lowest BCUT2D eigenvalue weighted by molar-refractivity contribution is -0.138. The molecule has 2 amide bonds. The number of benzene rings is 1. The Labute approximate surface area is 123 Å². The highest BCUT2D eigenvalue weighted by molar-refractivity contribution is 5.96. The Balaban J connectivity index is 1.77. The standard InChI is InChI=1S/C16H18N2O3/c17-15(20)11-6-12-8-18(9-13(7-11)14(12)19)16(21)10-4-2-1-3-5-10/h1-5,11-13H,6-9H2,(H2,17,20). The Morgan fingerprint density at radius 2 is 1.62 bits per heavy atom. The summed E-state index contributed by atoms with van der Waals surface area (Å²) < 4.78 is 0. The lowest BCUT2D eigenvalue weighted by Crippen LogP contribution is -2.54. The second kappa shape index (κ2) is 5.31. The van der Waals surface area contributed by atoms with Crippen LogP contribution in [0.2, 0.25) is 0 Å². The van der Waals surface area contributed by atoms with Crippen molar-refractivity contribution in [3.63, 3.8) is 0 Å². The average molecular weight is 286 g/mol. The summed E-state index contributed by atoms with van der Waals surface area (Å²) in [6.07, 6.45) is 0.951. The molecule has 2 N–H and O–H groups in total. The highest BCUT2D eigenvalue weighted by Crippen LogP contribution is 2.35. The predicted molar refractivity (Wildman–Crippen MR) is 76.3 cm³/mol. The minimum absolute atomic E-state index is 0.0457. The lowest BCUT2D eigenvalue weighted by Gasteiger charge is -2.42. The highest BCUT2D eigenvalue weighted by atomic mass is 16.2. The summed E-state index contributed by atoms with van der Waals surface area (Å²) >= 11 is 0. The SMILES string of the molecule is NC(=O)C1CC2CN(C(=O)c3ccccc3)CC(C1)C2=O. The smallest absolute Gasteiger partial charge is 0.253 e. The van der Waals surface area contributed by atoms with E-state index < -0.39 is 0 Å². The number of primary amides is 1. The molecule has 1 aliphatic carbocycles. The first-order valence-electron chi connectivity index (χ1n) is 7.23. The number of hydrogen-bond donors (Lipinski definition) is 1. The molecular formula is C16H18N2O3. The molecular weight excluding hydrogens is 268 g/mol. The molecule has 1 aliphatic heterocycles. The van der Waals surface area contributed by atoms with E-state index in [-0.39, 0.29) is 35.4 Å². The van der Waals surface area contributed by atoms with E-state index in [2.05, 4.69) is 0 Å². The minimum Gasteiger partial charge on any atom is -0.369 e. The molecule has 2 atom stereocenters. The van der Waals surface area contributed by atoms with Crippen molar-refractivity contribution in [1.82, 2.24) is 4.90 Å². The van der Waals surface area contributed by atoms with Gasteiger partial charge in [0, 0.05) is 36.4 Å². The number of fused-ring (bicyclic) bond motifs is 2. The maximum absolute atomic E-state index is 12.5. The molecule has 0 aromatic heterocycles. The van der Waals surface area contributed by atoms with Crippen LogP contribution in [0.15, 0.2) is 30.3 Å². The molecule has 1 heterocycles. The monoisotopic (exact) mass is 286 g/mol. The summed E-state index contributed by atoms with van der Waals surface area (Å²) in [5, 5.41) is 0. The van der Waals surface area contributed by atoms with Crippen LogP contribution in [-0.4, -0.2) is 35.6 Å². The van der Waals surface area contributed by atoms with Crippen molar-refractivity contribution >= 4 is 17.6 Å². The third kappa shape index (κ3) is 2.55. The predicted octanol–water partition coefficient (Wildman–Crippen LogP) is 0.839. The van der Waals surface area contributed by atoms with E-state index >= 15 is 0 Å². The van der Waals surface area contributed by atoms with E-state index in [9.17, 15) is 14.4 Å². The van der Waals surface area contributed by atoms with Gasteiger partial charge in [0.15, 0.2) is 0 Å². The molecule has 1 aromatic carbocycles. The van der Waals surface area contributed by atoms with Gasteiger partial charge >= 0.3 is 0 Å². The normalized spacial score (nSPS) is 28.3. The number of hydrogen-bond acceptors (Lipinski definition) is 3. The zero-order valence-corrected chi connectivity index (χ0v) is 11.7. The molecule has 1 aromatic rings. The third-order valence-electron chi connectivity index (χ3n) is 4.53. The van der Waals surface area contributed by atoms with Gasteiger partial charge in [-0.3, -0.25) is 14.4 Å². The van der Waals surface area contributed by atoms with Crippen molar-refractivity contribution < 1.29 is 14.4 Å². The first-order chi connectivity index (χ1) is 10.1. The summed E-state index contributed by atoms with van der Waals surface area (Å²) in [6.45, 7) is 0.791. The second-order valence-corrected chi connectivity index (χ2v) is 5.94. The summed E-state index contributed by atoms with van der Waals surface area (Å²) in [5.74, 6) is -0.919. The van der Waals surface area contributed by atoms with Crippen LogP contribution in [0.1, 0.15) is 23.2 Å². The Morgan fingerprint density at radius 3 is 2.14 bits per heavy atom. The Morgan fingerprint density at radius 1 is 1.05 bits per heavy atom. The number of likely N-dealkylation sites (tertiary alicyclic amines) is 1. The van der Waals surface area contributed by atoms with E-state index in [0.717, 1.165) is 0 Å². The minimum atomic E-state index is -0.333. The Hall–Kier alpha value is -2.17. The van der Waals surface area contributed by atoms with Gasteiger partial charge in [-0.2, -0.15) is 0 Å². The van der Waals surface area contributed by atoms with Gasteiger partial charge < -0.3 is 10.6 Å². The Kier molecular flexibility index (Phi) is 3.49. The molecule has 5 nitrogen and oxygen atoms in total. The number of nitrogens with two attached hydrogens (primary N) is 1. The number of nitrogens with zero attached hydrogens (tertiary/aromatic N) is 1. The van der Waals surface area contributed by atoms with Crippen LogP contribution in [0.4, 0.5) is 0 Å². The molecule has 21 heavy (non-hydrogen) atoms. The second-order valence-electron chi connectivity index (χ2n) is 5.94. The van der Waals surface area contributed by atoms with Crippen LogP contribution in [-0.2, 0) is 9.59 Å². The number of amides is 2. The first-order valence-corrected chi connectivity index (χ1v) is 7.23. The van der Waals surface area contributed by atoms with Crippen molar-refractivity contribution in [2.45, 2.75) is 12.8 Å². The van der Waals surface area contributed by atoms with Crippen molar-refractivity contribution in [1.29, 1.82) is 0 Å². The van der Waals surface area contributed by atoms with Gasteiger partial charge in [0.05, 0.1) is 0 Å². The molecule has 3 rings (SSSR count). The average Bonchev–Trinajstić information content (AvgIpc) is 2.47. The van der Waals surface area contributed by atoms with Crippen LogP contribution >= 0.6 is 0 Å². The highest BCUT2D eigenvalue weighted by Gasteiger charge is 2.44. The molecule has 1 saturated carbocycles. The molecule has 0 spiro atoms. The fraction of sp³-hybridized carbons (Fsp3) is 0.438. The molecule has 2 aliphatic rings. The van der Waals surface area contributed by atoms with Crippen LogP contribution in [0, 0.1) is 17.8 Å². The molecule has 2 fully saturated rings. The maximum Gasteiger partial charge on any atom is 0.253 e. The van der Waals surface area contributed by atoms with Gasteiger partial charge in [-0.1, -0.05) is 18.2 Å². The third-order valence-corrected chi connectivity index (χ3v) is 4.53. The zero-order valence-electron chi connectivity index (χ0n) is 11.7. The van der Waals surface area contributed by atoms with Gasteiger partial charge in [-0.05, 0) is 25.0 Å². The van der Waals surface area contributed by atoms with Gasteiger partial charge in [-0.15, -0.1) is 0 Å². The van der Waals surface area contributed by atoms with E-state index in [4.69, 9.17) is 5.73 Å². The number of carbonyl (C=O) groups is 3. The number of piperidine rings is 1. The molecule has 0 radical (unpaired) electrons. The Bertz CT molecular complexity index is 566. The summed E-state index contributed by atoms with van der Waals surface area (Å²) in [7, 11) is 0. The lowest BCUT2D eigenvalue weighted by atomic mass is 9.71. The van der Waals surface area contributed by atoms with E-state index in [1.807, 2.05) is 18.2 Å². The zero-order chi connectivity index (χ0) is 15.0. The van der Waals surface area contributed by atoms with E-state index in [0.29, 0.717) is 31.5 Å². The van der Waals surface area contributed by atoms with E-state index in [1.165, 1.54) is 0 Å². The number of rotatable bonds is 2. The molecule has 2 unspecified atom stereocenters. The topological polar surface area (TPSA) is 80.5 Å². The van der Waals surface area contributed by atoms with Crippen LogP contribution in [0.25, 0.3) is 0 Å². The maximum atomic E-state index is 12.5. The summed E-state index contributed by atoms with van der Waals surface area (Å²) in [5.41, 5.74) is 6.01. The number of Topliss-reactive ketones (excluding diaryl/α,β-unsaturated/α-hetero) is 1. The molecule has 2 bridgehead atoms. The number of ketones is 1. The largest absolute Gasteiger partial charge is 0.369 e. The fourth-order valence-electron chi connectivity index (χ4n) is 3.45. The van der Waals surface area contributed by atoms with Gasteiger partial charge in [0.1, 0.15) is 5.78 Å². The molecule has 1 saturated heterocycles. The van der Waals surface area contributed by atoms with Crippen molar-refractivity contribution in [2.24, 2.45) is 23.5 Å². The van der Waals surface area contributed by atoms with Crippen molar-refractivity contribution in [3.8, 4) is 0 Å². The summed E-state index contributed by atoms with van der Waals surface area (Å²) in [4.78, 5) is 37.8. The first kappa shape index (κ1) is 13.8. The van der Waals surface area contributed by atoms with Crippen LogP contribution < -0.4 is 5.73 Å². The van der Waals surface area contributed by atoms with Gasteiger partial charge in [0.25, 0.3) is 5.91 Å². The van der Waals surface area contributed by atoms with Gasteiger partial charge in [-0.25, -0.2) is 0 Å². The van der Waals surface area contributed by atoms with Gasteiger partial charge in [0.2, 0.25) is 5.91 Å². The fourth-order valence-corrected chi connectivity index (χ4v) is 3.45. The number of carbonyl (C=O) groups excluding carboxylic acids is 3. The molecule has 5 heteroatoms. The van der Waals surface area contributed by atoms with E-state index in [1.54, 1.807) is 17.0 Å². The summed E-state index contributed by atoms with van der Waals surface area (Å²) in [6, 6.07) is 9.07. The van der Waals surface area contributed by atoms with Crippen molar-refractivity contribution in [2.75, 3.05) is 13.1 Å². The van der Waals surface area contributed by atoms with Crippen LogP contribution in [0.3, 0.4) is 0 Å². The van der Waals surface area contributed by atoms with Crippen LogP contribution in [0.5, 0.6) is 0 Å². The quantitative estimate of drug-likeness (QED) is 0.874.